The molecule has 1 atom stereocenters. The van der Waals surface area contributed by atoms with Gasteiger partial charge in [-0.05, 0) is 32.3 Å². The van der Waals surface area contributed by atoms with Crippen molar-refractivity contribution in [2.75, 3.05) is 17.2 Å². The van der Waals surface area contributed by atoms with Crippen LogP contribution < -0.4 is 10.6 Å². The van der Waals surface area contributed by atoms with Crippen molar-refractivity contribution in [1.82, 2.24) is 24.6 Å². The molecule has 1 saturated heterocycles. The van der Waals surface area contributed by atoms with Crippen LogP contribution >= 0.6 is 0 Å². The lowest BCUT2D eigenvalue weighted by Gasteiger charge is -2.22. The maximum atomic E-state index is 6.12. The second-order valence-corrected chi connectivity index (χ2v) is 6.11. The summed E-state index contributed by atoms with van der Waals surface area (Å²) in [5.74, 6) is 1.37. The second kappa shape index (κ2) is 5.19. The van der Waals surface area contributed by atoms with Gasteiger partial charge in [-0.3, -0.25) is 0 Å². The number of nitrogens with zero attached hydrogens (tertiary/aromatic N) is 6. The Hall–Kier alpha value is -2.70. The monoisotopic (exact) mass is 309 g/mol. The quantitative estimate of drug-likeness (QED) is 0.780. The Balaban J connectivity index is 1.83. The summed E-state index contributed by atoms with van der Waals surface area (Å²) in [7, 11) is 0. The highest BCUT2D eigenvalue weighted by atomic mass is 15.3. The summed E-state index contributed by atoms with van der Waals surface area (Å²) in [4.78, 5) is 15.6. The molecule has 1 fully saturated rings. The van der Waals surface area contributed by atoms with Crippen molar-refractivity contribution < 1.29 is 0 Å². The average molecular weight is 309 g/mol. The summed E-state index contributed by atoms with van der Waals surface area (Å²) in [6, 6.07) is 2.48. The van der Waals surface area contributed by atoms with E-state index in [9.17, 15) is 0 Å². The molecule has 0 amide bonds. The zero-order valence-electron chi connectivity index (χ0n) is 13.3. The van der Waals surface area contributed by atoms with Gasteiger partial charge in [0.15, 0.2) is 11.5 Å². The number of nitrogens with two attached hydrogens (primary N) is 1. The Morgan fingerprint density at radius 3 is 2.91 bits per heavy atom. The lowest BCUT2D eigenvalue weighted by Crippen LogP contribution is -2.27. The van der Waals surface area contributed by atoms with E-state index in [1.54, 1.807) is 10.8 Å². The number of hydrogen-bond donors (Lipinski definition) is 1. The van der Waals surface area contributed by atoms with Crippen LogP contribution in [-0.4, -0.2) is 37.2 Å². The Labute approximate surface area is 134 Å². The van der Waals surface area contributed by atoms with Gasteiger partial charge in [-0.25, -0.2) is 19.5 Å². The molecule has 0 saturated carbocycles. The SMILES string of the molecule is Cc1cnc2c(-c3cc(N4CCCC4C)ncn3)c(N)nn2c1. The number of anilines is 2. The van der Waals surface area contributed by atoms with Gasteiger partial charge in [0, 0.05) is 31.0 Å². The van der Waals surface area contributed by atoms with E-state index in [1.165, 1.54) is 12.8 Å². The number of aromatic nitrogens is 5. The highest BCUT2D eigenvalue weighted by Crippen LogP contribution is 2.31. The lowest BCUT2D eigenvalue weighted by molar-refractivity contribution is 0.726. The molecule has 118 valence electrons. The molecule has 1 unspecified atom stereocenters. The molecule has 0 aromatic carbocycles. The van der Waals surface area contributed by atoms with Gasteiger partial charge in [0.25, 0.3) is 0 Å². The molecular formula is C16H19N7. The average Bonchev–Trinajstić information content (AvgIpc) is 3.09. The molecular weight excluding hydrogens is 290 g/mol. The third-order valence-electron chi connectivity index (χ3n) is 4.38. The standard InChI is InChI=1S/C16H19N7/c1-10-7-18-16-14(15(17)21-23(16)8-10)12-6-13(20-9-19-12)22-5-3-4-11(22)2/h6-9,11H,3-5H2,1-2H3,(H2,17,21). The highest BCUT2D eigenvalue weighted by Gasteiger charge is 2.23. The van der Waals surface area contributed by atoms with Crippen molar-refractivity contribution in [3.8, 4) is 11.3 Å². The van der Waals surface area contributed by atoms with Crippen LogP contribution in [0.4, 0.5) is 11.6 Å². The van der Waals surface area contributed by atoms with Crippen molar-refractivity contribution >= 4 is 17.3 Å². The van der Waals surface area contributed by atoms with Crippen LogP contribution in [0.25, 0.3) is 16.9 Å². The van der Waals surface area contributed by atoms with Gasteiger partial charge in [-0.1, -0.05) is 0 Å². The maximum Gasteiger partial charge on any atom is 0.166 e. The zero-order chi connectivity index (χ0) is 16.0. The second-order valence-electron chi connectivity index (χ2n) is 6.11. The van der Waals surface area contributed by atoms with E-state index < -0.39 is 0 Å². The van der Waals surface area contributed by atoms with E-state index in [0.717, 1.165) is 29.2 Å². The van der Waals surface area contributed by atoms with Crippen LogP contribution in [0.3, 0.4) is 0 Å². The fraction of sp³-hybridized carbons (Fsp3) is 0.375. The first-order chi connectivity index (χ1) is 11.1. The number of nitrogen functional groups attached to an aromatic ring is 1. The van der Waals surface area contributed by atoms with Crippen LogP contribution in [0, 0.1) is 6.92 Å². The molecule has 1 aliphatic rings. The van der Waals surface area contributed by atoms with E-state index >= 15 is 0 Å². The summed E-state index contributed by atoms with van der Waals surface area (Å²) < 4.78 is 1.71. The summed E-state index contributed by atoms with van der Waals surface area (Å²) in [5.41, 5.74) is 9.39. The van der Waals surface area contributed by atoms with Crippen molar-refractivity contribution in [2.24, 2.45) is 0 Å². The first-order valence-corrected chi connectivity index (χ1v) is 7.83. The summed E-state index contributed by atoms with van der Waals surface area (Å²) in [5, 5.41) is 4.35. The molecule has 23 heavy (non-hydrogen) atoms. The van der Waals surface area contributed by atoms with Gasteiger partial charge in [-0.2, -0.15) is 0 Å². The van der Waals surface area contributed by atoms with Crippen LogP contribution in [-0.2, 0) is 0 Å². The lowest BCUT2D eigenvalue weighted by atomic mass is 10.2. The topological polar surface area (TPSA) is 85.2 Å². The zero-order valence-corrected chi connectivity index (χ0v) is 13.3. The van der Waals surface area contributed by atoms with Crippen molar-refractivity contribution in [3.05, 3.63) is 30.4 Å². The third-order valence-corrected chi connectivity index (χ3v) is 4.38. The van der Waals surface area contributed by atoms with Gasteiger partial charge in [0.1, 0.15) is 12.1 Å². The van der Waals surface area contributed by atoms with Crippen LogP contribution in [0.1, 0.15) is 25.3 Å². The Morgan fingerprint density at radius 1 is 1.26 bits per heavy atom. The van der Waals surface area contributed by atoms with Crippen molar-refractivity contribution in [3.63, 3.8) is 0 Å². The molecule has 0 aliphatic carbocycles. The van der Waals surface area contributed by atoms with E-state index in [0.29, 0.717) is 17.5 Å². The van der Waals surface area contributed by atoms with Gasteiger partial charge in [0.05, 0.1) is 11.3 Å². The van der Waals surface area contributed by atoms with Crippen molar-refractivity contribution in [2.45, 2.75) is 32.7 Å². The molecule has 4 heterocycles. The third kappa shape index (κ3) is 2.28. The molecule has 0 spiro atoms. The summed E-state index contributed by atoms with van der Waals surface area (Å²) >= 11 is 0. The largest absolute Gasteiger partial charge is 0.382 e. The first kappa shape index (κ1) is 13.9. The van der Waals surface area contributed by atoms with E-state index in [-0.39, 0.29) is 0 Å². The van der Waals surface area contributed by atoms with Gasteiger partial charge in [0.2, 0.25) is 0 Å². The molecule has 3 aromatic heterocycles. The minimum atomic E-state index is 0.433. The number of rotatable bonds is 2. The Bertz CT molecular complexity index is 870. The fourth-order valence-corrected chi connectivity index (χ4v) is 3.21. The van der Waals surface area contributed by atoms with E-state index in [2.05, 4.69) is 31.9 Å². The molecule has 3 aromatic rings. The summed E-state index contributed by atoms with van der Waals surface area (Å²) in [6.07, 6.45) is 7.70. The Kier molecular flexibility index (Phi) is 3.14. The molecule has 0 radical (unpaired) electrons. The molecule has 1 aliphatic heterocycles. The number of fused-ring (bicyclic) bond motifs is 1. The van der Waals surface area contributed by atoms with Crippen LogP contribution in [0.15, 0.2) is 24.8 Å². The molecule has 7 heteroatoms. The fourth-order valence-electron chi connectivity index (χ4n) is 3.21. The number of aryl methyl sites for hydroxylation is 1. The predicted octanol–water partition coefficient (Wildman–Crippen LogP) is 2.07. The van der Waals surface area contributed by atoms with Gasteiger partial charge >= 0.3 is 0 Å². The highest BCUT2D eigenvalue weighted by molar-refractivity contribution is 5.85. The van der Waals surface area contributed by atoms with Crippen LogP contribution in [0.5, 0.6) is 0 Å². The minimum absolute atomic E-state index is 0.433. The molecule has 0 bridgehead atoms. The first-order valence-electron chi connectivity index (χ1n) is 7.83. The van der Waals surface area contributed by atoms with E-state index in [1.807, 2.05) is 25.4 Å². The molecule has 7 nitrogen and oxygen atoms in total. The molecule has 4 rings (SSSR count). The Morgan fingerprint density at radius 2 is 2.13 bits per heavy atom. The number of hydrogen-bond acceptors (Lipinski definition) is 6. The summed E-state index contributed by atoms with van der Waals surface area (Å²) in [6.45, 7) is 5.23. The molecule has 2 N–H and O–H groups in total. The van der Waals surface area contributed by atoms with Crippen molar-refractivity contribution in [1.29, 1.82) is 0 Å². The van der Waals surface area contributed by atoms with Gasteiger partial charge in [-0.15, -0.1) is 5.10 Å². The van der Waals surface area contributed by atoms with Crippen LogP contribution in [0.2, 0.25) is 0 Å². The minimum Gasteiger partial charge on any atom is -0.382 e. The van der Waals surface area contributed by atoms with Gasteiger partial charge < -0.3 is 10.6 Å². The normalized spacial score (nSPS) is 18.0. The maximum absolute atomic E-state index is 6.12. The predicted molar refractivity (Wildman–Crippen MR) is 89.2 cm³/mol. The van der Waals surface area contributed by atoms with E-state index in [4.69, 9.17) is 5.73 Å². The smallest absolute Gasteiger partial charge is 0.166 e.